The number of hydrogen-bond acceptors (Lipinski definition) is 3. The molecule has 0 fully saturated rings. The van der Waals surface area contributed by atoms with Crippen LogP contribution < -0.4 is 11.2 Å². The van der Waals surface area contributed by atoms with E-state index in [2.05, 4.69) is 10.4 Å². The van der Waals surface area contributed by atoms with Gasteiger partial charge in [0.15, 0.2) is 0 Å². The third-order valence-corrected chi connectivity index (χ3v) is 1.90. The number of carbonyl (C=O) groups excluding carboxylic acids is 1. The average Bonchev–Trinajstić information content (AvgIpc) is 2.71. The van der Waals surface area contributed by atoms with E-state index in [4.69, 9.17) is 5.73 Å². The van der Waals surface area contributed by atoms with Gasteiger partial charge >= 0.3 is 0 Å². The van der Waals surface area contributed by atoms with Gasteiger partial charge in [-0.15, -0.1) is 0 Å². The minimum atomic E-state index is -0.477. The number of pyridine rings is 1. The summed E-state index contributed by atoms with van der Waals surface area (Å²) in [5.41, 5.74) is 8.50. The number of amides is 1. The SMILES string of the molecule is NC(=O)c1ccc(Nn2cccc2)nc1. The molecule has 15 heavy (non-hydrogen) atoms. The van der Waals surface area contributed by atoms with Crippen LogP contribution in [0.5, 0.6) is 0 Å². The fourth-order valence-electron chi connectivity index (χ4n) is 1.15. The lowest BCUT2D eigenvalue weighted by Gasteiger charge is -2.05. The number of rotatable bonds is 3. The van der Waals surface area contributed by atoms with Crippen LogP contribution in [0, 0.1) is 0 Å². The highest BCUT2D eigenvalue weighted by atomic mass is 16.1. The summed E-state index contributed by atoms with van der Waals surface area (Å²) >= 11 is 0. The van der Waals surface area contributed by atoms with Crippen LogP contribution in [0.25, 0.3) is 0 Å². The predicted molar refractivity (Wildman–Crippen MR) is 56.2 cm³/mol. The largest absolute Gasteiger partial charge is 0.366 e. The number of hydrogen-bond donors (Lipinski definition) is 2. The van der Waals surface area contributed by atoms with E-state index in [0.717, 1.165) is 0 Å². The van der Waals surface area contributed by atoms with Crippen LogP contribution in [0.1, 0.15) is 10.4 Å². The van der Waals surface area contributed by atoms with Crippen molar-refractivity contribution in [2.24, 2.45) is 5.73 Å². The molecule has 3 N–H and O–H groups in total. The van der Waals surface area contributed by atoms with Gasteiger partial charge in [-0.1, -0.05) is 0 Å². The molecule has 2 aromatic rings. The van der Waals surface area contributed by atoms with Crippen molar-refractivity contribution < 1.29 is 4.79 Å². The van der Waals surface area contributed by atoms with Crippen LogP contribution in [0.3, 0.4) is 0 Å². The molecule has 76 valence electrons. The van der Waals surface area contributed by atoms with Crippen LogP contribution in [0.4, 0.5) is 5.82 Å². The zero-order valence-corrected chi connectivity index (χ0v) is 7.92. The molecule has 2 rings (SSSR count). The van der Waals surface area contributed by atoms with Crippen LogP contribution in [0.2, 0.25) is 0 Å². The van der Waals surface area contributed by atoms with Gasteiger partial charge in [0.1, 0.15) is 5.82 Å². The number of carbonyl (C=O) groups is 1. The van der Waals surface area contributed by atoms with Gasteiger partial charge in [-0.05, 0) is 24.3 Å². The highest BCUT2D eigenvalue weighted by Gasteiger charge is 2.00. The fraction of sp³-hybridized carbons (Fsp3) is 0. The molecule has 5 nitrogen and oxygen atoms in total. The van der Waals surface area contributed by atoms with E-state index in [0.29, 0.717) is 11.4 Å². The Kier molecular flexibility index (Phi) is 2.37. The third-order valence-electron chi connectivity index (χ3n) is 1.90. The van der Waals surface area contributed by atoms with Gasteiger partial charge in [0.2, 0.25) is 5.91 Å². The summed E-state index contributed by atoms with van der Waals surface area (Å²) in [5.74, 6) is 0.172. The summed E-state index contributed by atoms with van der Waals surface area (Å²) < 4.78 is 1.76. The first-order valence-corrected chi connectivity index (χ1v) is 4.41. The number of nitrogens with one attached hydrogen (secondary N) is 1. The zero-order valence-electron chi connectivity index (χ0n) is 7.92. The standard InChI is InChI=1S/C10H10N4O/c11-10(15)8-3-4-9(12-7-8)13-14-5-1-2-6-14/h1-7H,(H2,11,15)(H,12,13). The van der Waals surface area contributed by atoms with Crippen LogP contribution in [0.15, 0.2) is 42.9 Å². The summed E-state index contributed by atoms with van der Waals surface area (Å²) in [7, 11) is 0. The van der Waals surface area contributed by atoms with Gasteiger partial charge in [0.25, 0.3) is 0 Å². The van der Waals surface area contributed by atoms with Gasteiger partial charge in [-0.25, -0.2) is 4.98 Å². The Labute approximate surface area is 86.5 Å². The first-order chi connectivity index (χ1) is 7.25. The molecular formula is C10H10N4O. The van der Waals surface area contributed by atoms with Crippen molar-refractivity contribution in [3.63, 3.8) is 0 Å². The lowest BCUT2D eigenvalue weighted by molar-refractivity contribution is 0.1000. The highest BCUT2D eigenvalue weighted by Crippen LogP contribution is 2.04. The molecule has 2 heterocycles. The Morgan fingerprint density at radius 2 is 2.07 bits per heavy atom. The molecule has 0 unspecified atom stereocenters. The molecule has 2 aromatic heterocycles. The monoisotopic (exact) mass is 202 g/mol. The smallest absolute Gasteiger partial charge is 0.250 e. The number of primary amides is 1. The predicted octanol–water partition coefficient (Wildman–Crippen LogP) is 0.857. The molecule has 0 aliphatic rings. The normalized spacial score (nSPS) is 9.87. The third kappa shape index (κ3) is 2.14. The molecule has 0 atom stereocenters. The number of nitrogens with two attached hydrogens (primary N) is 1. The zero-order chi connectivity index (χ0) is 10.7. The summed E-state index contributed by atoms with van der Waals surface area (Å²) in [6, 6.07) is 7.11. The minimum absolute atomic E-state index is 0.396. The lowest BCUT2D eigenvalue weighted by Crippen LogP contribution is -2.12. The van der Waals surface area contributed by atoms with Crippen molar-refractivity contribution in [3.05, 3.63) is 48.4 Å². The van der Waals surface area contributed by atoms with Crippen molar-refractivity contribution in [1.82, 2.24) is 9.66 Å². The molecule has 0 saturated heterocycles. The summed E-state index contributed by atoms with van der Waals surface area (Å²) in [5, 5.41) is 0. The maximum atomic E-state index is 10.8. The van der Waals surface area contributed by atoms with Crippen molar-refractivity contribution >= 4 is 11.7 Å². The molecule has 1 amide bonds. The number of nitrogens with zero attached hydrogens (tertiary/aromatic N) is 2. The maximum Gasteiger partial charge on any atom is 0.250 e. The summed E-state index contributed by atoms with van der Waals surface area (Å²) in [6.07, 6.45) is 5.14. The van der Waals surface area contributed by atoms with E-state index < -0.39 is 5.91 Å². The Bertz CT molecular complexity index is 447. The van der Waals surface area contributed by atoms with Crippen LogP contribution in [-0.4, -0.2) is 15.6 Å². The van der Waals surface area contributed by atoms with Gasteiger partial charge < -0.3 is 5.73 Å². The van der Waals surface area contributed by atoms with E-state index in [1.165, 1.54) is 6.20 Å². The summed E-state index contributed by atoms with van der Waals surface area (Å²) in [6.45, 7) is 0. The topological polar surface area (TPSA) is 72.9 Å². The quantitative estimate of drug-likeness (QED) is 0.775. The van der Waals surface area contributed by atoms with E-state index >= 15 is 0 Å². The van der Waals surface area contributed by atoms with E-state index in [9.17, 15) is 4.79 Å². The van der Waals surface area contributed by atoms with Crippen molar-refractivity contribution in [2.75, 3.05) is 5.43 Å². The Morgan fingerprint density at radius 1 is 1.33 bits per heavy atom. The van der Waals surface area contributed by atoms with Gasteiger partial charge in [-0.3, -0.25) is 14.9 Å². The molecule has 5 heteroatoms. The molecule has 0 saturated carbocycles. The summed E-state index contributed by atoms with van der Waals surface area (Å²) in [4.78, 5) is 14.8. The Hall–Kier alpha value is -2.30. The van der Waals surface area contributed by atoms with Crippen molar-refractivity contribution in [1.29, 1.82) is 0 Å². The molecule has 0 bridgehead atoms. The number of anilines is 1. The first kappa shape index (κ1) is 9.26. The average molecular weight is 202 g/mol. The molecule has 0 radical (unpaired) electrons. The van der Waals surface area contributed by atoms with Gasteiger partial charge in [0, 0.05) is 18.6 Å². The van der Waals surface area contributed by atoms with E-state index in [1.807, 2.05) is 24.5 Å². The second-order valence-corrected chi connectivity index (χ2v) is 3.00. The fourth-order valence-corrected chi connectivity index (χ4v) is 1.15. The van der Waals surface area contributed by atoms with Crippen LogP contribution >= 0.6 is 0 Å². The second kappa shape index (κ2) is 3.83. The van der Waals surface area contributed by atoms with Crippen molar-refractivity contribution in [3.8, 4) is 0 Å². The lowest BCUT2D eigenvalue weighted by atomic mass is 10.3. The molecule has 0 aromatic carbocycles. The maximum absolute atomic E-state index is 10.8. The van der Waals surface area contributed by atoms with Crippen molar-refractivity contribution in [2.45, 2.75) is 0 Å². The Balaban J connectivity index is 2.14. The Morgan fingerprint density at radius 3 is 2.60 bits per heavy atom. The highest BCUT2D eigenvalue weighted by molar-refractivity contribution is 5.92. The molecular weight excluding hydrogens is 192 g/mol. The second-order valence-electron chi connectivity index (χ2n) is 3.00. The first-order valence-electron chi connectivity index (χ1n) is 4.41. The van der Waals surface area contributed by atoms with Gasteiger partial charge in [-0.2, -0.15) is 0 Å². The molecule has 0 aliphatic carbocycles. The van der Waals surface area contributed by atoms with E-state index in [1.54, 1.807) is 16.8 Å². The van der Waals surface area contributed by atoms with Crippen LogP contribution in [-0.2, 0) is 0 Å². The van der Waals surface area contributed by atoms with E-state index in [-0.39, 0.29) is 0 Å². The molecule has 0 spiro atoms. The van der Waals surface area contributed by atoms with Gasteiger partial charge in [0.05, 0.1) is 5.56 Å². The number of aromatic nitrogens is 2. The minimum Gasteiger partial charge on any atom is -0.366 e. The molecule has 0 aliphatic heterocycles.